The van der Waals surface area contributed by atoms with Crippen LogP contribution in [-0.4, -0.2) is 60.1 Å². The van der Waals surface area contributed by atoms with Crippen molar-refractivity contribution in [2.45, 2.75) is 32.2 Å². The van der Waals surface area contributed by atoms with E-state index in [2.05, 4.69) is 39.1 Å². The highest BCUT2D eigenvalue weighted by Gasteiger charge is 2.31. The lowest BCUT2D eigenvalue weighted by atomic mass is 10.0. The number of thiazole rings is 1. The number of nitrogens with zero attached hydrogens (tertiary/aromatic N) is 5. The first kappa shape index (κ1) is 23.6. The molecule has 1 amide bonds. The number of hydrogen-bond acceptors (Lipinski definition) is 7. The van der Waals surface area contributed by atoms with Crippen molar-refractivity contribution in [3.05, 3.63) is 63.1 Å². The van der Waals surface area contributed by atoms with Crippen molar-refractivity contribution in [1.82, 2.24) is 34.4 Å². The lowest BCUT2D eigenvalue weighted by molar-refractivity contribution is 0.0940. The maximum Gasteiger partial charge on any atom is 0.261 e. The number of nitrogens with one attached hydrogen (secondary N) is 2. The lowest BCUT2D eigenvalue weighted by Crippen LogP contribution is -2.43. The summed E-state index contributed by atoms with van der Waals surface area (Å²) in [6, 6.07) is 4.93. The van der Waals surface area contributed by atoms with Crippen LogP contribution in [0.1, 0.15) is 37.0 Å². The number of carbonyl (C=O) groups excluding carboxylic acids is 1. The van der Waals surface area contributed by atoms with E-state index < -0.39 is 0 Å². The summed E-state index contributed by atoms with van der Waals surface area (Å²) in [6.45, 7) is 6.86. The van der Waals surface area contributed by atoms with Crippen molar-refractivity contribution in [2.75, 3.05) is 19.6 Å². The zero-order valence-corrected chi connectivity index (χ0v) is 21.7. The number of carbonyl (C=O) groups is 1. The zero-order valence-electron chi connectivity index (χ0n) is 20.9. The van der Waals surface area contributed by atoms with Gasteiger partial charge < -0.3 is 14.9 Å². The number of H-pyrrole nitrogens is 1. The standard InChI is InChI=1S/C26H27N7O3S/c1-26(2)7-4-9-32(26)10-8-27-23(35)16-11-17-21(28-12-16)22-20(24(36)29-17)25-33(30-22)14-18(37-25)15-5-6-19(34)31(3)13-15/h5-6,11-14H,4,7-10H2,1-3H3,(H,27,35)(H,29,36). The van der Waals surface area contributed by atoms with Gasteiger partial charge in [0.25, 0.3) is 11.5 Å². The van der Waals surface area contributed by atoms with Crippen LogP contribution in [0.5, 0.6) is 0 Å². The molecule has 190 valence electrons. The molecular formula is C26H27N7O3S. The number of fused-ring (bicyclic) bond motifs is 5. The summed E-state index contributed by atoms with van der Waals surface area (Å²) in [5.74, 6) is -0.222. The fraction of sp³-hybridized carbons (Fsp3) is 0.346. The predicted molar refractivity (Wildman–Crippen MR) is 144 cm³/mol. The van der Waals surface area contributed by atoms with Crippen LogP contribution in [0.15, 0.2) is 46.4 Å². The second-order valence-electron chi connectivity index (χ2n) is 10.2. The molecule has 2 N–H and O–H groups in total. The zero-order chi connectivity index (χ0) is 25.9. The molecule has 0 aliphatic carbocycles. The fourth-order valence-corrected chi connectivity index (χ4v) is 6.21. The molecule has 0 bridgehead atoms. The first-order chi connectivity index (χ1) is 17.7. The molecule has 11 heteroatoms. The summed E-state index contributed by atoms with van der Waals surface area (Å²) in [5, 5.41) is 8.07. The molecule has 1 fully saturated rings. The Morgan fingerprint density at radius 3 is 2.81 bits per heavy atom. The highest BCUT2D eigenvalue weighted by molar-refractivity contribution is 7.21. The molecule has 5 aromatic heterocycles. The molecule has 6 heterocycles. The molecule has 1 aliphatic rings. The van der Waals surface area contributed by atoms with Gasteiger partial charge in [0, 0.05) is 55.9 Å². The Hall–Kier alpha value is -3.83. The van der Waals surface area contributed by atoms with Gasteiger partial charge in [0.15, 0.2) is 0 Å². The first-order valence-corrected chi connectivity index (χ1v) is 13.1. The van der Waals surface area contributed by atoms with Crippen molar-refractivity contribution in [2.24, 2.45) is 7.05 Å². The van der Waals surface area contributed by atoms with Crippen LogP contribution in [0.4, 0.5) is 0 Å². The molecule has 0 radical (unpaired) electrons. The number of aromatic amines is 1. The SMILES string of the molecule is Cn1cc(-c2cn3nc4c5ncc(C(=O)NCCN6CCCC6(C)C)cc5[nH]c(=O)c4c3s2)ccc1=O. The Balaban J connectivity index is 1.29. The van der Waals surface area contributed by atoms with Crippen LogP contribution < -0.4 is 16.4 Å². The largest absolute Gasteiger partial charge is 0.351 e. The van der Waals surface area contributed by atoms with Crippen molar-refractivity contribution < 1.29 is 4.79 Å². The molecule has 1 aliphatic heterocycles. The third-order valence-corrected chi connectivity index (χ3v) is 8.42. The normalized spacial score (nSPS) is 15.8. The van der Waals surface area contributed by atoms with Gasteiger partial charge in [-0.2, -0.15) is 5.10 Å². The summed E-state index contributed by atoms with van der Waals surface area (Å²) in [7, 11) is 1.70. The number of amides is 1. The van der Waals surface area contributed by atoms with E-state index in [0.29, 0.717) is 38.9 Å². The smallest absolute Gasteiger partial charge is 0.261 e. The molecular weight excluding hydrogens is 490 g/mol. The van der Waals surface area contributed by atoms with Gasteiger partial charge in [-0.25, -0.2) is 4.52 Å². The average molecular weight is 518 g/mol. The molecule has 0 unspecified atom stereocenters. The number of hydrogen-bond donors (Lipinski definition) is 2. The van der Waals surface area contributed by atoms with Gasteiger partial charge in [0.1, 0.15) is 21.3 Å². The van der Waals surface area contributed by atoms with Crippen LogP contribution >= 0.6 is 11.3 Å². The van der Waals surface area contributed by atoms with Gasteiger partial charge in [0.2, 0.25) is 5.56 Å². The van der Waals surface area contributed by atoms with E-state index in [1.165, 1.54) is 34.6 Å². The third-order valence-electron chi connectivity index (χ3n) is 7.27. The van der Waals surface area contributed by atoms with Crippen LogP contribution in [0, 0.1) is 0 Å². The molecule has 10 nitrogen and oxygen atoms in total. The van der Waals surface area contributed by atoms with Crippen molar-refractivity contribution in [3.8, 4) is 10.4 Å². The van der Waals surface area contributed by atoms with Gasteiger partial charge >= 0.3 is 0 Å². The fourth-order valence-electron chi connectivity index (χ4n) is 5.13. The molecule has 37 heavy (non-hydrogen) atoms. The molecule has 5 aromatic rings. The minimum atomic E-state index is -0.290. The number of aromatic nitrogens is 5. The summed E-state index contributed by atoms with van der Waals surface area (Å²) < 4.78 is 3.19. The lowest BCUT2D eigenvalue weighted by Gasteiger charge is -2.31. The number of rotatable bonds is 5. The van der Waals surface area contributed by atoms with E-state index in [1.54, 1.807) is 29.9 Å². The number of aryl methyl sites for hydroxylation is 1. The Labute approximate surface area is 215 Å². The summed E-state index contributed by atoms with van der Waals surface area (Å²) in [4.78, 5) is 49.0. The Morgan fingerprint density at radius 1 is 1.22 bits per heavy atom. The monoisotopic (exact) mass is 517 g/mol. The quantitative estimate of drug-likeness (QED) is 0.370. The van der Waals surface area contributed by atoms with E-state index in [1.807, 2.05) is 6.20 Å². The second kappa shape index (κ2) is 8.63. The van der Waals surface area contributed by atoms with Gasteiger partial charge in [-0.3, -0.25) is 24.3 Å². The van der Waals surface area contributed by atoms with Crippen LogP contribution in [0.2, 0.25) is 0 Å². The topological polar surface area (TPSA) is 117 Å². The van der Waals surface area contributed by atoms with Crippen LogP contribution in [0.25, 0.3) is 37.2 Å². The predicted octanol–water partition coefficient (Wildman–Crippen LogP) is 2.76. The Morgan fingerprint density at radius 2 is 2.05 bits per heavy atom. The second-order valence-corrected chi connectivity index (χ2v) is 11.2. The molecule has 0 atom stereocenters. The minimum Gasteiger partial charge on any atom is -0.351 e. The maximum atomic E-state index is 13.1. The number of likely N-dealkylation sites (tertiary alicyclic amines) is 1. The van der Waals surface area contributed by atoms with Gasteiger partial charge in [0.05, 0.1) is 16.0 Å². The molecule has 1 saturated heterocycles. The summed E-state index contributed by atoms with van der Waals surface area (Å²) >= 11 is 1.42. The Bertz CT molecular complexity index is 1810. The van der Waals surface area contributed by atoms with Gasteiger partial charge in [-0.1, -0.05) is 0 Å². The van der Waals surface area contributed by atoms with E-state index in [9.17, 15) is 14.4 Å². The summed E-state index contributed by atoms with van der Waals surface area (Å²) in [5.41, 5.74) is 2.53. The van der Waals surface area contributed by atoms with Crippen LogP contribution in [-0.2, 0) is 7.05 Å². The third kappa shape index (κ3) is 4.04. The van der Waals surface area contributed by atoms with E-state index in [0.717, 1.165) is 30.0 Å². The van der Waals surface area contributed by atoms with E-state index >= 15 is 0 Å². The highest BCUT2D eigenvalue weighted by Crippen LogP contribution is 2.33. The van der Waals surface area contributed by atoms with Crippen LogP contribution in [0.3, 0.4) is 0 Å². The highest BCUT2D eigenvalue weighted by atomic mass is 32.1. The van der Waals surface area contributed by atoms with E-state index in [4.69, 9.17) is 0 Å². The van der Waals surface area contributed by atoms with Crippen molar-refractivity contribution >= 4 is 44.0 Å². The molecule has 0 aromatic carbocycles. The average Bonchev–Trinajstić information content (AvgIpc) is 3.52. The maximum absolute atomic E-state index is 13.1. The van der Waals surface area contributed by atoms with Gasteiger partial charge in [-0.15, -0.1) is 11.3 Å². The van der Waals surface area contributed by atoms with E-state index in [-0.39, 0.29) is 22.6 Å². The molecule has 0 saturated carbocycles. The molecule has 0 spiro atoms. The Kier molecular flexibility index (Phi) is 5.50. The number of pyridine rings is 3. The minimum absolute atomic E-state index is 0.0897. The van der Waals surface area contributed by atoms with Crippen molar-refractivity contribution in [3.63, 3.8) is 0 Å². The first-order valence-electron chi connectivity index (χ1n) is 12.3. The van der Waals surface area contributed by atoms with Crippen molar-refractivity contribution in [1.29, 1.82) is 0 Å². The van der Waals surface area contributed by atoms with Gasteiger partial charge in [-0.05, 0) is 45.4 Å². The molecule has 6 rings (SSSR count). The summed E-state index contributed by atoms with van der Waals surface area (Å²) in [6.07, 6.45) is 7.47.